The molecule has 18 heavy (non-hydrogen) atoms. The Hall–Kier alpha value is -1.02. The van der Waals surface area contributed by atoms with Crippen molar-refractivity contribution in [1.29, 1.82) is 0 Å². The van der Waals surface area contributed by atoms with Crippen molar-refractivity contribution in [2.24, 2.45) is 11.3 Å². The van der Waals surface area contributed by atoms with E-state index in [1.54, 1.807) is 0 Å². The number of hydrogen-bond donors (Lipinski definition) is 1. The van der Waals surface area contributed by atoms with Gasteiger partial charge in [-0.25, -0.2) is 0 Å². The Morgan fingerprint density at radius 2 is 2.28 bits per heavy atom. The summed E-state index contributed by atoms with van der Waals surface area (Å²) in [5.41, 5.74) is 3.15. The predicted molar refractivity (Wildman–Crippen MR) is 73.6 cm³/mol. The van der Waals surface area contributed by atoms with Gasteiger partial charge in [0.05, 0.1) is 6.61 Å². The summed E-state index contributed by atoms with van der Waals surface area (Å²) in [5, 5.41) is 3.39. The Bertz CT molecular complexity index is 443. The van der Waals surface area contributed by atoms with Crippen molar-refractivity contribution in [2.45, 2.75) is 46.2 Å². The molecule has 0 saturated heterocycles. The molecule has 1 N–H and O–H groups in total. The second-order valence-corrected chi connectivity index (χ2v) is 6.44. The van der Waals surface area contributed by atoms with Gasteiger partial charge in [-0.05, 0) is 30.4 Å². The van der Waals surface area contributed by atoms with E-state index in [1.807, 2.05) is 0 Å². The lowest BCUT2D eigenvalue weighted by molar-refractivity contribution is 0.163. The van der Waals surface area contributed by atoms with Gasteiger partial charge in [0, 0.05) is 24.1 Å². The first kappa shape index (κ1) is 12.0. The van der Waals surface area contributed by atoms with Crippen molar-refractivity contribution in [1.82, 2.24) is 5.32 Å². The van der Waals surface area contributed by atoms with Crippen LogP contribution < -0.4 is 10.1 Å². The summed E-state index contributed by atoms with van der Waals surface area (Å²) in [6.45, 7) is 7.54. The normalized spacial score (nSPS) is 30.4. The molecule has 2 aliphatic rings. The molecule has 1 fully saturated rings. The molecule has 2 heteroatoms. The molecule has 2 atom stereocenters. The zero-order chi connectivity index (χ0) is 12.6. The molecule has 1 aliphatic carbocycles. The molecule has 1 saturated carbocycles. The van der Waals surface area contributed by atoms with Gasteiger partial charge in [-0.2, -0.15) is 0 Å². The van der Waals surface area contributed by atoms with E-state index in [4.69, 9.17) is 4.74 Å². The van der Waals surface area contributed by atoms with Gasteiger partial charge in [0.25, 0.3) is 0 Å². The summed E-state index contributed by atoms with van der Waals surface area (Å²) in [5.74, 6) is 1.96. The maximum absolute atomic E-state index is 6.14. The fourth-order valence-corrected chi connectivity index (χ4v) is 3.46. The van der Waals surface area contributed by atoms with Crippen LogP contribution in [0.3, 0.4) is 0 Å². The van der Waals surface area contributed by atoms with Gasteiger partial charge in [-0.3, -0.25) is 0 Å². The molecule has 0 spiro atoms. The third kappa shape index (κ3) is 2.26. The first-order valence-corrected chi connectivity index (χ1v) is 7.11. The second kappa shape index (κ2) is 4.58. The van der Waals surface area contributed by atoms with Crippen molar-refractivity contribution in [3.8, 4) is 5.75 Å². The van der Waals surface area contributed by atoms with Crippen molar-refractivity contribution < 1.29 is 4.74 Å². The summed E-state index contributed by atoms with van der Waals surface area (Å²) in [4.78, 5) is 0. The molecular weight excluding hydrogens is 222 g/mol. The van der Waals surface area contributed by atoms with Crippen molar-refractivity contribution in [3.63, 3.8) is 0 Å². The van der Waals surface area contributed by atoms with Crippen LogP contribution >= 0.6 is 0 Å². The molecule has 3 rings (SSSR count). The first-order chi connectivity index (χ1) is 8.66. The highest BCUT2D eigenvalue weighted by atomic mass is 16.5. The summed E-state index contributed by atoms with van der Waals surface area (Å²) in [6.07, 6.45) is 3.97. The van der Waals surface area contributed by atoms with E-state index in [1.165, 1.54) is 30.4 Å². The Balaban J connectivity index is 1.69. The van der Waals surface area contributed by atoms with Crippen molar-refractivity contribution in [3.05, 3.63) is 29.3 Å². The Labute approximate surface area is 110 Å². The second-order valence-electron chi connectivity index (χ2n) is 6.44. The number of nitrogens with one attached hydrogen (secondary N) is 1. The molecule has 1 aromatic rings. The van der Waals surface area contributed by atoms with E-state index in [0.717, 1.165) is 31.4 Å². The summed E-state index contributed by atoms with van der Waals surface area (Å²) in [6, 6.07) is 6.43. The highest BCUT2D eigenvalue weighted by Gasteiger charge is 2.34. The topological polar surface area (TPSA) is 21.3 Å². The Morgan fingerprint density at radius 3 is 3.06 bits per heavy atom. The number of rotatable bonds is 3. The fraction of sp³-hybridized carbons (Fsp3) is 0.625. The SMILES string of the molecule is CC1CCC(C)(COc2cccc3c2CNC3)C1. The average Bonchev–Trinajstić information content (AvgIpc) is 2.94. The van der Waals surface area contributed by atoms with E-state index in [2.05, 4.69) is 37.4 Å². The summed E-state index contributed by atoms with van der Waals surface area (Å²) in [7, 11) is 0. The van der Waals surface area contributed by atoms with E-state index < -0.39 is 0 Å². The molecule has 1 aromatic carbocycles. The summed E-state index contributed by atoms with van der Waals surface area (Å²) < 4.78 is 6.14. The number of benzene rings is 1. The lowest BCUT2D eigenvalue weighted by Crippen LogP contribution is -2.22. The van der Waals surface area contributed by atoms with E-state index in [-0.39, 0.29) is 0 Å². The van der Waals surface area contributed by atoms with Crippen LogP contribution in [0.15, 0.2) is 18.2 Å². The average molecular weight is 245 g/mol. The minimum atomic E-state index is 0.383. The van der Waals surface area contributed by atoms with Crippen LogP contribution in [0.1, 0.15) is 44.2 Å². The maximum Gasteiger partial charge on any atom is 0.124 e. The molecule has 1 aliphatic heterocycles. The molecule has 98 valence electrons. The fourth-order valence-electron chi connectivity index (χ4n) is 3.46. The Kier molecular flexibility index (Phi) is 3.06. The predicted octanol–water partition coefficient (Wildman–Crippen LogP) is 3.49. The van der Waals surface area contributed by atoms with Crippen LogP contribution in [0, 0.1) is 11.3 Å². The van der Waals surface area contributed by atoms with Gasteiger partial charge in [0.2, 0.25) is 0 Å². The lowest BCUT2D eigenvalue weighted by atomic mass is 9.89. The van der Waals surface area contributed by atoms with Gasteiger partial charge in [-0.1, -0.05) is 32.4 Å². The third-order valence-corrected chi connectivity index (χ3v) is 4.51. The van der Waals surface area contributed by atoms with Crippen molar-refractivity contribution in [2.75, 3.05) is 6.61 Å². The lowest BCUT2D eigenvalue weighted by Gasteiger charge is -2.24. The zero-order valence-electron chi connectivity index (χ0n) is 11.5. The van der Waals surface area contributed by atoms with E-state index in [9.17, 15) is 0 Å². The van der Waals surface area contributed by atoms with Crippen LogP contribution in [-0.2, 0) is 13.1 Å². The van der Waals surface area contributed by atoms with Crippen LogP contribution in [0.2, 0.25) is 0 Å². The van der Waals surface area contributed by atoms with E-state index in [0.29, 0.717) is 5.41 Å². The molecule has 0 radical (unpaired) electrons. The quantitative estimate of drug-likeness (QED) is 0.880. The molecule has 1 heterocycles. The molecule has 0 aromatic heterocycles. The largest absolute Gasteiger partial charge is 0.493 e. The number of ether oxygens (including phenoxy) is 1. The van der Waals surface area contributed by atoms with Crippen LogP contribution in [0.5, 0.6) is 5.75 Å². The molecule has 0 bridgehead atoms. The van der Waals surface area contributed by atoms with Gasteiger partial charge in [0.15, 0.2) is 0 Å². The van der Waals surface area contributed by atoms with Crippen LogP contribution in [0.4, 0.5) is 0 Å². The van der Waals surface area contributed by atoms with Gasteiger partial charge in [0.1, 0.15) is 5.75 Å². The first-order valence-electron chi connectivity index (χ1n) is 7.11. The van der Waals surface area contributed by atoms with Crippen LogP contribution in [-0.4, -0.2) is 6.61 Å². The van der Waals surface area contributed by atoms with Crippen molar-refractivity contribution >= 4 is 0 Å². The molecule has 2 unspecified atom stereocenters. The zero-order valence-corrected chi connectivity index (χ0v) is 11.5. The monoisotopic (exact) mass is 245 g/mol. The maximum atomic E-state index is 6.14. The number of fused-ring (bicyclic) bond motifs is 1. The summed E-state index contributed by atoms with van der Waals surface area (Å²) >= 11 is 0. The van der Waals surface area contributed by atoms with E-state index >= 15 is 0 Å². The number of hydrogen-bond acceptors (Lipinski definition) is 2. The van der Waals surface area contributed by atoms with Gasteiger partial charge in [-0.15, -0.1) is 0 Å². The van der Waals surface area contributed by atoms with Gasteiger partial charge >= 0.3 is 0 Å². The molecule has 0 amide bonds. The highest BCUT2D eigenvalue weighted by molar-refractivity contribution is 5.42. The smallest absolute Gasteiger partial charge is 0.124 e. The highest BCUT2D eigenvalue weighted by Crippen LogP contribution is 2.41. The standard InChI is InChI=1S/C16H23NO/c1-12-6-7-16(2,8-12)11-18-15-5-3-4-13-9-17-10-14(13)15/h3-5,12,17H,6-11H2,1-2H3. The third-order valence-electron chi connectivity index (χ3n) is 4.51. The van der Waals surface area contributed by atoms with Gasteiger partial charge < -0.3 is 10.1 Å². The Morgan fingerprint density at radius 1 is 1.39 bits per heavy atom. The minimum Gasteiger partial charge on any atom is -0.493 e. The molecular formula is C16H23NO. The van der Waals surface area contributed by atoms with Crippen LogP contribution in [0.25, 0.3) is 0 Å². The molecule has 2 nitrogen and oxygen atoms in total. The minimum absolute atomic E-state index is 0.383.